The first-order valence-electron chi connectivity index (χ1n) is 9.22. The number of ketones is 1. The van der Waals surface area contributed by atoms with E-state index in [-0.39, 0.29) is 5.78 Å². The normalized spacial score (nSPS) is 18.8. The summed E-state index contributed by atoms with van der Waals surface area (Å²) in [5, 5.41) is 0. The first-order valence-corrected chi connectivity index (χ1v) is 9.22. The number of carbonyl (C=O) groups excluding carboxylic acids is 1. The lowest BCUT2D eigenvalue weighted by atomic mass is 10.0. The smallest absolute Gasteiger partial charge is 0.184 e. The highest BCUT2D eigenvalue weighted by atomic mass is 16.1. The molecule has 0 saturated heterocycles. The number of benzene rings is 2. The van der Waals surface area contributed by atoms with Gasteiger partial charge in [0.25, 0.3) is 0 Å². The van der Waals surface area contributed by atoms with Gasteiger partial charge in [-0.25, -0.2) is 0 Å². The van der Waals surface area contributed by atoms with Gasteiger partial charge in [-0.1, -0.05) is 97.1 Å². The fourth-order valence-corrected chi connectivity index (χ4v) is 3.06. The Bertz CT molecular complexity index is 765. The topological polar surface area (TPSA) is 17.1 Å². The summed E-state index contributed by atoms with van der Waals surface area (Å²) in [6.45, 7) is 0. The van der Waals surface area contributed by atoms with Crippen molar-refractivity contribution in [2.75, 3.05) is 0 Å². The number of carbonyl (C=O) groups is 1. The van der Waals surface area contributed by atoms with Crippen LogP contribution in [0.5, 0.6) is 0 Å². The van der Waals surface area contributed by atoms with Crippen LogP contribution in [0.2, 0.25) is 0 Å². The van der Waals surface area contributed by atoms with E-state index < -0.39 is 0 Å². The molecular weight excluding hydrogens is 316 g/mol. The Balaban J connectivity index is 1.72. The van der Waals surface area contributed by atoms with Crippen molar-refractivity contribution >= 4 is 17.9 Å². The molecule has 130 valence electrons. The molecule has 1 nitrogen and oxygen atoms in total. The third-order valence-corrected chi connectivity index (χ3v) is 4.50. The van der Waals surface area contributed by atoms with Gasteiger partial charge in [-0.3, -0.25) is 4.79 Å². The van der Waals surface area contributed by atoms with Crippen molar-refractivity contribution in [3.05, 3.63) is 107 Å². The second-order valence-electron chi connectivity index (χ2n) is 6.46. The van der Waals surface area contributed by atoms with Crippen molar-refractivity contribution in [1.82, 2.24) is 0 Å². The van der Waals surface area contributed by atoms with E-state index in [2.05, 4.69) is 24.3 Å². The van der Waals surface area contributed by atoms with Crippen LogP contribution in [0.25, 0.3) is 12.2 Å². The van der Waals surface area contributed by atoms with E-state index in [9.17, 15) is 4.79 Å². The maximum absolute atomic E-state index is 12.8. The molecule has 1 fully saturated rings. The van der Waals surface area contributed by atoms with Crippen LogP contribution in [-0.2, 0) is 4.79 Å². The van der Waals surface area contributed by atoms with Gasteiger partial charge >= 0.3 is 0 Å². The molecule has 1 aliphatic carbocycles. The van der Waals surface area contributed by atoms with Crippen LogP contribution in [0.15, 0.2) is 96.1 Å². The van der Waals surface area contributed by atoms with E-state index >= 15 is 0 Å². The van der Waals surface area contributed by atoms with Crippen molar-refractivity contribution in [3.8, 4) is 0 Å². The van der Waals surface area contributed by atoms with Crippen molar-refractivity contribution < 1.29 is 4.79 Å². The lowest BCUT2D eigenvalue weighted by Gasteiger charge is -2.02. The molecule has 0 amide bonds. The van der Waals surface area contributed by atoms with Gasteiger partial charge in [0.15, 0.2) is 5.78 Å². The first-order chi connectivity index (χ1) is 12.8. The van der Waals surface area contributed by atoms with E-state index in [0.29, 0.717) is 0 Å². The van der Waals surface area contributed by atoms with E-state index in [1.807, 2.05) is 72.9 Å². The molecule has 0 unspecified atom stereocenters. The molecule has 1 heteroatoms. The third-order valence-electron chi connectivity index (χ3n) is 4.50. The number of allylic oxidation sites excluding steroid dienone is 6. The predicted octanol–water partition coefficient (Wildman–Crippen LogP) is 6.41. The minimum absolute atomic E-state index is 0.193. The summed E-state index contributed by atoms with van der Waals surface area (Å²) in [6, 6.07) is 20.3. The fraction of sp³-hybridized carbons (Fsp3) is 0.160. The number of hydrogen-bond donors (Lipinski definition) is 0. The molecular formula is C25H24O. The second kappa shape index (κ2) is 9.53. The fourth-order valence-electron chi connectivity index (χ4n) is 3.06. The monoisotopic (exact) mass is 340 g/mol. The Kier molecular flexibility index (Phi) is 6.55. The average Bonchev–Trinajstić information content (AvgIpc) is 2.86. The van der Waals surface area contributed by atoms with Crippen LogP contribution in [0, 0.1) is 0 Å². The molecule has 0 aliphatic heterocycles. The summed E-state index contributed by atoms with van der Waals surface area (Å²) >= 11 is 0. The van der Waals surface area contributed by atoms with Gasteiger partial charge in [-0.15, -0.1) is 0 Å². The van der Waals surface area contributed by atoms with Gasteiger partial charge in [0, 0.05) is 0 Å². The molecule has 0 radical (unpaired) electrons. The molecule has 26 heavy (non-hydrogen) atoms. The van der Waals surface area contributed by atoms with E-state index in [0.717, 1.165) is 48.0 Å². The highest BCUT2D eigenvalue weighted by Gasteiger charge is 2.17. The van der Waals surface area contributed by atoms with E-state index in [4.69, 9.17) is 0 Å². The lowest BCUT2D eigenvalue weighted by Crippen LogP contribution is -2.03. The Morgan fingerprint density at radius 2 is 1.04 bits per heavy atom. The highest BCUT2D eigenvalue weighted by molar-refractivity contribution is 6.08. The summed E-state index contributed by atoms with van der Waals surface area (Å²) in [5.74, 6) is 0.193. The summed E-state index contributed by atoms with van der Waals surface area (Å²) in [5.41, 5.74) is 4.11. The van der Waals surface area contributed by atoms with Crippen LogP contribution in [0.3, 0.4) is 0 Å². The first kappa shape index (κ1) is 17.9. The van der Waals surface area contributed by atoms with Crippen molar-refractivity contribution in [3.63, 3.8) is 0 Å². The van der Waals surface area contributed by atoms with Crippen LogP contribution in [-0.4, -0.2) is 5.78 Å². The molecule has 2 aromatic carbocycles. The summed E-state index contributed by atoms with van der Waals surface area (Å²) in [7, 11) is 0. The second-order valence-corrected chi connectivity index (χ2v) is 6.46. The van der Waals surface area contributed by atoms with E-state index in [1.165, 1.54) is 0 Å². The van der Waals surface area contributed by atoms with Gasteiger partial charge in [0.05, 0.1) is 0 Å². The molecule has 0 bridgehead atoms. The summed E-state index contributed by atoms with van der Waals surface area (Å²) < 4.78 is 0. The van der Waals surface area contributed by atoms with Gasteiger partial charge < -0.3 is 0 Å². The molecule has 1 aliphatic rings. The maximum Gasteiger partial charge on any atom is 0.184 e. The highest BCUT2D eigenvalue weighted by Crippen LogP contribution is 2.24. The molecule has 0 N–H and O–H groups in total. The molecule has 0 atom stereocenters. The van der Waals surface area contributed by atoms with Crippen LogP contribution < -0.4 is 0 Å². The quantitative estimate of drug-likeness (QED) is 0.464. The van der Waals surface area contributed by atoms with Gasteiger partial charge in [0.2, 0.25) is 0 Å². The molecule has 0 aromatic heterocycles. The van der Waals surface area contributed by atoms with Crippen LogP contribution >= 0.6 is 0 Å². The van der Waals surface area contributed by atoms with Gasteiger partial charge in [-0.05, 0) is 48.0 Å². The van der Waals surface area contributed by atoms with E-state index in [1.54, 1.807) is 0 Å². The maximum atomic E-state index is 12.8. The molecule has 2 aromatic rings. The molecule has 1 saturated carbocycles. The van der Waals surface area contributed by atoms with Gasteiger partial charge in [0.1, 0.15) is 0 Å². The van der Waals surface area contributed by atoms with Crippen LogP contribution in [0.4, 0.5) is 0 Å². The number of hydrogen-bond acceptors (Lipinski definition) is 1. The largest absolute Gasteiger partial charge is 0.289 e. The third kappa shape index (κ3) is 5.29. The molecule has 3 rings (SSSR count). The minimum Gasteiger partial charge on any atom is -0.289 e. The zero-order chi connectivity index (χ0) is 18.0. The van der Waals surface area contributed by atoms with Crippen molar-refractivity contribution in [2.24, 2.45) is 0 Å². The summed E-state index contributed by atoms with van der Waals surface area (Å²) in [4.78, 5) is 12.8. The Hall–Kier alpha value is -2.93. The lowest BCUT2D eigenvalue weighted by molar-refractivity contribution is -0.112. The summed E-state index contributed by atoms with van der Waals surface area (Å²) in [6.07, 6.45) is 15.9. The number of Topliss-reactive ketones (excluding diaryl/α,β-unsaturated/α-hetero) is 1. The Morgan fingerprint density at radius 1 is 0.615 bits per heavy atom. The average molecular weight is 340 g/mol. The predicted molar refractivity (Wildman–Crippen MR) is 111 cm³/mol. The van der Waals surface area contributed by atoms with Gasteiger partial charge in [-0.2, -0.15) is 0 Å². The standard InChI is InChI=1S/C25H24O/c26-25-23(19-9-15-21-11-3-1-4-12-21)17-7-8-18-24(25)20-10-16-22-13-5-2-6-14-22/h1-6,9-16,19-20H,7-8,17-18H2/b15-9+,16-10?,23-19-,24-20?. The Morgan fingerprint density at radius 3 is 1.46 bits per heavy atom. The van der Waals surface area contributed by atoms with Crippen molar-refractivity contribution in [1.29, 1.82) is 0 Å². The zero-order valence-corrected chi connectivity index (χ0v) is 15.0. The molecule has 0 heterocycles. The SMILES string of the molecule is O=C1C(=CC=Cc2ccccc2)CCCC/C1=C/C=C/c1ccccc1. The van der Waals surface area contributed by atoms with Crippen LogP contribution in [0.1, 0.15) is 36.8 Å². The van der Waals surface area contributed by atoms with Crippen molar-refractivity contribution in [2.45, 2.75) is 25.7 Å². The Labute approximate surface area is 156 Å². The minimum atomic E-state index is 0.193. The zero-order valence-electron chi connectivity index (χ0n) is 15.0. The number of rotatable bonds is 4. The molecule has 0 spiro atoms.